The number of nitrogens with zero attached hydrogens (tertiary/aromatic N) is 2. The largest absolute Gasteiger partial charge is 0.293 e. The number of thioether (sulfide) groups is 2. The molecule has 0 spiro atoms. The molecule has 2 aliphatic rings. The first-order valence-electron chi connectivity index (χ1n) is 52.1. The van der Waals surface area contributed by atoms with Gasteiger partial charge in [-0.15, -0.1) is 113 Å². The van der Waals surface area contributed by atoms with Crippen LogP contribution in [0.25, 0.3) is 112 Å². The Labute approximate surface area is 855 Å². The van der Waals surface area contributed by atoms with Crippen molar-refractivity contribution in [3.8, 4) is 79.4 Å². The third-order valence-electron chi connectivity index (χ3n) is 27.2. The van der Waals surface area contributed by atoms with Gasteiger partial charge in [-0.05, 0) is 233 Å². The predicted molar refractivity (Wildman–Crippen MR) is 613 cm³/mol. The maximum Gasteiger partial charge on any atom is 0.266 e. The molecule has 0 aliphatic carbocycles. The molecule has 2 amide bonds. The van der Waals surface area contributed by atoms with Crippen molar-refractivity contribution in [2.45, 2.75) is 391 Å². The van der Waals surface area contributed by atoms with Crippen molar-refractivity contribution in [2.24, 2.45) is 11.8 Å². The first kappa shape index (κ1) is 105. The average molecular weight is 2030 g/mol. The van der Waals surface area contributed by atoms with Crippen molar-refractivity contribution in [2.75, 3.05) is 13.1 Å². The number of unbranched alkanes of at least 4 members (excludes halogenated alkanes) is 26. The number of thiocarbonyl (C=S) groups is 2. The summed E-state index contributed by atoms with van der Waals surface area (Å²) in [6.45, 7) is 29.7. The highest BCUT2D eigenvalue weighted by molar-refractivity contribution is 8.27. The molecule has 2 fully saturated rings. The lowest BCUT2D eigenvalue weighted by Crippen LogP contribution is -2.28. The van der Waals surface area contributed by atoms with E-state index in [1.807, 2.05) is 55.1 Å². The second kappa shape index (κ2) is 54.7. The van der Waals surface area contributed by atoms with Crippen LogP contribution in [0.3, 0.4) is 0 Å². The molecule has 11 aromatic rings. The Balaban J connectivity index is 1.02. The number of aryl methyl sites for hydroxylation is 6. The van der Waals surface area contributed by atoms with E-state index in [2.05, 4.69) is 236 Å². The molecule has 0 saturated carbocycles. The Bertz CT molecular complexity index is 5170. The van der Waals surface area contributed by atoms with Crippen LogP contribution < -0.4 is 0 Å². The number of carbonyl (C=O) groups excluding carboxylic acids is 2. The minimum atomic E-state index is 0.0659. The number of benzene rings is 1. The van der Waals surface area contributed by atoms with Crippen LogP contribution in [0.15, 0.2) is 82.6 Å². The van der Waals surface area contributed by atoms with Crippen LogP contribution in [0.4, 0.5) is 0 Å². The predicted octanol–water partition coefficient (Wildman–Crippen LogP) is 41.8. The Morgan fingerprint density at radius 2 is 0.576 bits per heavy atom. The van der Waals surface area contributed by atoms with Crippen LogP contribution in [-0.2, 0) is 61.0 Å². The molecule has 2 atom stereocenters. The van der Waals surface area contributed by atoms with Gasteiger partial charge in [0.2, 0.25) is 0 Å². The van der Waals surface area contributed by atoms with Crippen molar-refractivity contribution in [3.05, 3.63) is 135 Å². The molecule has 714 valence electrons. The number of thiophene rings is 10. The summed E-state index contributed by atoms with van der Waals surface area (Å²) >= 11 is 35.2. The number of rotatable bonds is 62. The molecular formula is C114H152N2O2S14. The lowest BCUT2D eigenvalue weighted by Gasteiger charge is -2.14. The van der Waals surface area contributed by atoms with Gasteiger partial charge in [-0.25, -0.2) is 0 Å². The lowest BCUT2D eigenvalue weighted by molar-refractivity contribution is -0.123. The molecule has 18 heteroatoms. The Kier molecular flexibility index (Phi) is 43.7. The van der Waals surface area contributed by atoms with Gasteiger partial charge in [0.1, 0.15) is 8.64 Å². The van der Waals surface area contributed by atoms with Gasteiger partial charge in [0.15, 0.2) is 0 Å². The third kappa shape index (κ3) is 27.8. The van der Waals surface area contributed by atoms with Crippen LogP contribution in [0.2, 0.25) is 0 Å². The van der Waals surface area contributed by atoms with Crippen LogP contribution in [0, 0.1) is 11.8 Å². The van der Waals surface area contributed by atoms with Crippen molar-refractivity contribution < 1.29 is 9.59 Å². The van der Waals surface area contributed by atoms with Gasteiger partial charge >= 0.3 is 0 Å². The topological polar surface area (TPSA) is 40.6 Å². The fourth-order valence-electron chi connectivity index (χ4n) is 19.2. The molecule has 0 bridgehead atoms. The fourth-order valence-corrected chi connectivity index (χ4v) is 34.8. The lowest BCUT2D eigenvalue weighted by atomic mass is 9.92. The summed E-state index contributed by atoms with van der Waals surface area (Å²) < 4.78 is 4.32. The Hall–Kier alpha value is -3.96. The van der Waals surface area contributed by atoms with Crippen molar-refractivity contribution in [3.63, 3.8) is 0 Å². The summed E-state index contributed by atoms with van der Waals surface area (Å²) in [6.07, 6.45) is 61.8. The average Bonchev–Trinajstić information content (AvgIpc) is 1.56. The summed E-state index contributed by atoms with van der Waals surface area (Å²) in [5, 5.41) is 2.90. The Morgan fingerprint density at radius 1 is 0.288 bits per heavy atom. The summed E-state index contributed by atoms with van der Waals surface area (Å²) in [7, 11) is 0. The summed E-state index contributed by atoms with van der Waals surface area (Å²) in [6, 6.07) is 30.9. The molecule has 2 saturated heterocycles. The quantitative estimate of drug-likeness (QED) is 0.0215. The highest BCUT2D eigenvalue weighted by Crippen LogP contribution is 2.59. The van der Waals surface area contributed by atoms with Crippen molar-refractivity contribution >= 4 is 214 Å². The first-order chi connectivity index (χ1) is 64.6. The van der Waals surface area contributed by atoms with Gasteiger partial charge in [-0.1, -0.05) is 337 Å². The number of hydrogen-bond donors (Lipinski definition) is 0. The number of hydrogen-bond acceptors (Lipinski definition) is 16. The van der Waals surface area contributed by atoms with Crippen LogP contribution in [0.1, 0.15) is 393 Å². The molecule has 4 nitrogen and oxygen atoms in total. The molecule has 2 aliphatic heterocycles. The normalized spacial score (nSPS) is 14.5. The molecule has 12 heterocycles. The van der Waals surface area contributed by atoms with E-state index in [4.69, 9.17) is 24.4 Å². The highest BCUT2D eigenvalue weighted by Gasteiger charge is 2.35. The van der Waals surface area contributed by atoms with Crippen LogP contribution in [0.5, 0.6) is 0 Å². The van der Waals surface area contributed by atoms with E-state index in [-0.39, 0.29) is 11.8 Å². The summed E-state index contributed by atoms with van der Waals surface area (Å²) in [4.78, 5) is 58.5. The van der Waals surface area contributed by atoms with Crippen molar-refractivity contribution in [1.29, 1.82) is 0 Å². The van der Waals surface area contributed by atoms with E-state index in [1.54, 1.807) is 20.9 Å². The molecule has 1 aromatic carbocycles. The molecule has 132 heavy (non-hydrogen) atoms. The maximum atomic E-state index is 14.0. The van der Waals surface area contributed by atoms with Gasteiger partial charge in [0.05, 0.1) is 9.81 Å². The first-order valence-corrected chi connectivity index (χ1v) is 62.7. The third-order valence-corrected chi connectivity index (χ3v) is 42.6. The van der Waals surface area contributed by atoms with Gasteiger partial charge in [0, 0.05) is 132 Å². The minimum absolute atomic E-state index is 0.0659. The van der Waals surface area contributed by atoms with E-state index in [9.17, 15) is 9.59 Å². The van der Waals surface area contributed by atoms with Crippen LogP contribution >= 0.6 is 161 Å². The minimum Gasteiger partial charge on any atom is -0.293 e. The SMILES string of the molecule is CCCCCCc1cc(-c2c3cc(-c4cc(CCCCCC)c(-c5cc(CCCCCC)c(-c6ccc(C=C7SC(=S)N(CCCCCC)C7=O)s6)s5)s4)sc3c(-c3cc(CCCCCC)c(CC(CC)CCCC)s3)c3cc(-c4cc(CCCCCC)c(-c5cc(CCCCCC)c(-c6ccc(C=C7SC(=S)N(CCCCCC)C7=O)s6)s5)s4)sc23)sc1CC(CC)CCCC. The molecule has 2 unspecified atom stereocenters. The van der Waals surface area contributed by atoms with E-state index in [1.165, 1.54) is 389 Å². The molecule has 0 radical (unpaired) electrons. The second-order valence-corrected chi connectivity index (χ2v) is 51.9. The van der Waals surface area contributed by atoms with Gasteiger partial charge in [0.25, 0.3) is 11.8 Å². The molecule has 0 N–H and O–H groups in total. The maximum absolute atomic E-state index is 14.0. The zero-order valence-electron chi connectivity index (χ0n) is 82.0. The van der Waals surface area contributed by atoms with Gasteiger partial charge in [-0.3, -0.25) is 19.4 Å². The Morgan fingerprint density at radius 3 is 0.902 bits per heavy atom. The molecule has 10 aromatic heterocycles. The van der Waals surface area contributed by atoms with E-state index >= 15 is 0 Å². The summed E-state index contributed by atoms with van der Waals surface area (Å²) in [5.74, 6) is 1.47. The fraction of sp³-hybridized carbons (Fsp3) is 0.561. The standard InChI is InChI=1S/C114H152N2O2S14/c1-13-25-35-43-53-79-67-97(123-91(79)65-77(23-11)51-33-21-9)103-87-75-95(93-69-81(55-45-37-27-15-3)107(125-93)99-71-83(57-47-39-29-17-5)105(129-99)89-61-59-85(121-89)73-101-111(117)115(113(119)131-101)63-49-41-31-19-7)128-110(87)104(98-68-80(54-44-36-26-14-2)92(124-98)66-78(24-12)52-34-22-10)88-76-96(127-109(88)103)94-70-82(56-46-38-28-16-4)108(126-94)100-72-84(58-48-40-30-18-6)106(130-100)90-62-60-86(122-90)74-102-112(118)116(114(120)132-102)64-50-42-32-20-8/h59-62,67-78H,13-58,63-66H2,1-12H3. The van der Waals surface area contributed by atoms with Crippen LogP contribution in [-0.4, -0.2) is 43.3 Å². The van der Waals surface area contributed by atoms with E-state index in [0.29, 0.717) is 33.6 Å². The van der Waals surface area contributed by atoms with Gasteiger partial charge < -0.3 is 0 Å². The number of amides is 2. The van der Waals surface area contributed by atoms with Crippen molar-refractivity contribution in [1.82, 2.24) is 9.80 Å². The van der Waals surface area contributed by atoms with Gasteiger partial charge in [-0.2, -0.15) is 0 Å². The number of carbonyl (C=O) groups is 2. The molecule has 13 rings (SSSR count). The zero-order chi connectivity index (χ0) is 92.8. The smallest absolute Gasteiger partial charge is 0.266 e. The zero-order valence-corrected chi connectivity index (χ0v) is 93.5. The molecular weight excluding hydrogens is 1880 g/mol. The second-order valence-electron chi connectivity index (χ2n) is 37.7. The highest BCUT2D eigenvalue weighted by atomic mass is 32.2. The number of fused-ring (bicyclic) bond motifs is 2. The summed E-state index contributed by atoms with van der Waals surface area (Å²) in [5.41, 5.74) is 12.1. The van der Waals surface area contributed by atoms with E-state index in [0.717, 1.165) is 83.8 Å². The monoisotopic (exact) mass is 2030 g/mol. The van der Waals surface area contributed by atoms with E-state index < -0.39 is 0 Å².